The molecule has 0 saturated heterocycles. The van der Waals surface area contributed by atoms with Gasteiger partial charge in [-0.1, -0.05) is 6.07 Å². The van der Waals surface area contributed by atoms with Gasteiger partial charge in [-0.15, -0.1) is 0 Å². The molecule has 0 radical (unpaired) electrons. The number of nitro groups is 1. The van der Waals surface area contributed by atoms with E-state index in [1.165, 1.54) is 12.1 Å². The van der Waals surface area contributed by atoms with Gasteiger partial charge >= 0.3 is 17.7 Å². The van der Waals surface area contributed by atoms with Crippen LogP contribution in [0.5, 0.6) is 0 Å². The Morgan fingerprint density at radius 3 is 2.54 bits per heavy atom. The molecule has 0 saturated carbocycles. The maximum Gasteiger partial charge on any atom is 0.408 e. The fourth-order valence-corrected chi connectivity index (χ4v) is 1.71. The number of hydrogen-bond acceptors (Lipinski definition) is 6. The number of nitrogens with one attached hydrogen (secondary N) is 2. The van der Waals surface area contributed by atoms with Gasteiger partial charge in [-0.3, -0.25) is 10.1 Å². The van der Waals surface area contributed by atoms with Gasteiger partial charge in [-0.25, -0.2) is 9.59 Å². The molecule has 0 bridgehead atoms. The van der Waals surface area contributed by atoms with Crippen LogP contribution in [0.25, 0.3) is 0 Å². The Morgan fingerprint density at radius 2 is 2.04 bits per heavy atom. The van der Waals surface area contributed by atoms with Crippen molar-refractivity contribution >= 4 is 23.4 Å². The number of hydrogen-bond donors (Lipinski definition) is 3. The van der Waals surface area contributed by atoms with E-state index in [0.717, 1.165) is 6.07 Å². The Hall–Kier alpha value is -2.91. The highest BCUT2D eigenvalue weighted by molar-refractivity contribution is 5.81. The monoisotopic (exact) mass is 343 g/mol. The Labute approximate surface area is 136 Å². The second-order valence-corrected chi connectivity index (χ2v) is 5.81. The number of halogens is 1. The maximum atomic E-state index is 13.5. The average Bonchev–Trinajstić information content (AvgIpc) is 2.40. The normalized spacial score (nSPS) is 12.2. The third-order valence-electron chi connectivity index (χ3n) is 2.66. The molecule has 0 fully saturated rings. The minimum atomic E-state index is -1.43. The molecular weight excluding hydrogens is 325 g/mol. The van der Waals surface area contributed by atoms with E-state index >= 15 is 0 Å². The number of carbonyl (C=O) groups excluding carboxylic acids is 1. The van der Waals surface area contributed by atoms with Crippen molar-refractivity contribution in [2.24, 2.45) is 0 Å². The van der Waals surface area contributed by atoms with Crippen molar-refractivity contribution < 1.29 is 28.7 Å². The molecule has 1 aromatic carbocycles. The van der Waals surface area contributed by atoms with Crippen molar-refractivity contribution in [2.75, 3.05) is 11.9 Å². The Kier molecular flexibility index (Phi) is 6.04. The van der Waals surface area contributed by atoms with Crippen LogP contribution in [0, 0.1) is 15.9 Å². The minimum absolute atomic E-state index is 0.197. The van der Waals surface area contributed by atoms with E-state index in [2.05, 4.69) is 10.6 Å². The lowest BCUT2D eigenvalue weighted by molar-refractivity contribution is -0.386. The lowest BCUT2D eigenvalue weighted by Crippen LogP contribution is -2.47. The van der Waals surface area contributed by atoms with Crippen LogP contribution in [0.15, 0.2) is 18.2 Å². The number of rotatable bonds is 6. The van der Waals surface area contributed by atoms with Gasteiger partial charge in [0.25, 0.3) is 0 Å². The number of carboxylic acids is 1. The smallest absolute Gasteiger partial charge is 0.408 e. The summed E-state index contributed by atoms with van der Waals surface area (Å²) in [5, 5.41) is 24.6. The molecule has 0 aliphatic heterocycles. The molecular formula is C14H18FN3O6. The third kappa shape index (κ3) is 5.71. The number of benzene rings is 1. The van der Waals surface area contributed by atoms with E-state index in [0.29, 0.717) is 0 Å². The summed E-state index contributed by atoms with van der Waals surface area (Å²) in [6.07, 6.45) is -0.953. The van der Waals surface area contributed by atoms with Crippen molar-refractivity contribution in [1.29, 1.82) is 0 Å². The van der Waals surface area contributed by atoms with Crippen LogP contribution in [0.2, 0.25) is 0 Å². The van der Waals surface area contributed by atoms with Crippen molar-refractivity contribution in [2.45, 2.75) is 32.4 Å². The molecule has 0 aliphatic rings. The summed E-state index contributed by atoms with van der Waals surface area (Å²) in [4.78, 5) is 32.8. The molecule has 0 heterocycles. The molecule has 10 heteroatoms. The van der Waals surface area contributed by atoms with Crippen molar-refractivity contribution in [3.63, 3.8) is 0 Å². The van der Waals surface area contributed by atoms with E-state index in [9.17, 15) is 24.1 Å². The van der Waals surface area contributed by atoms with Gasteiger partial charge in [0.2, 0.25) is 5.82 Å². The largest absolute Gasteiger partial charge is 0.480 e. The minimum Gasteiger partial charge on any atom is -0.480 e. The molecule has 3 N–H and O–H groups in total. The number of nitro benzene ring substituents is 1. The third-order valence-corrected chi connectivity index (χ3v) is 2.66. The topological polar surface area (TPSA) is 131 Å². The van der Waals surface area contributed by atoms with E-state index in [1.54, 1.807) is 20.8 Å². The first-order valence-corrected chi connectivity index (χ1v) is 6.90. The number of carbonyl (C=O) groups is 2. The standard InChI is InChI=1S/C14H18FN3O6/c1-14(2,3)24-13(21)17-10(12(19)20)7-16-9-6-4-5-8(15)11(9)18(22)23/h4-6,10,16H,7H2,1-3H3,(H,17,21)(H,19,20)/t10-/m0/s1. The number of ether oxygens (including phenoxy) is 1. The Morgan fingerprint density at radius 1 is 1.42 bits per heavy atom. The second kappa shape index (κ2) is 7.57. The van der Waals surface area contributed by atoms with E-state index < -0.39 is 46.7 Å². The van der Waals surface area contributed by atoms with Gasteiger partial charge in [0, 0.05) is 6.54 Å². The molecule has 24 heavy (non-hydrogen) atoms. The Bertz CT molecular complexity index is 644. The van der Waals surface area contributed by atoms with E-state index in [4.69, 9.17) is 9.84 Å². The van der Waals surface area contributed by atoms with Gasteiger partial charge in [-0.2, -0.15) is 4.39 Å². The summed E-state index contributed by atoms with van der Waals surface area (Å²) in [6.45, 7) is 4.42. The highest BCUT2D eigenvalue weighted by atomic mass is 19.1. The maximum absolute atomic E-state index is 13.5. The lowest BCUT2D eigenvalue weighted by atomic mass is 10.2. The highest BCUT2D eigenvalue weighted by Gasteiger charge is 2.26. The van der Waals surface area contributed by atoms with Crippen molar-refractivity contribution in [3.8, 4) is 0 Å². The van der Waals surface area contributed by atoms with Gasteiger partial charge in [0.05, 0.1) is 4.92 Å². The number of aliphatic carboxylic acids is 1. The molecule has 132 valence electrons. The molecule has 0 aromatic heterocycles. The molecule has 1 amide bonds. The molecule has 0 unspecified atom stereocenters. The number of alkyl carbamates (subject to hydrolysis) is 1. The van der Waals surface area contributed by atoms with Gasteiger partial charge in [0.15, 0.2) is 0 Å². The second-order valence-electron chi connectivity index (χ2n) is 5.81. The van der Waals surface area contributed by atoms with E-state index in [-0.39, 0.29) is 5.69 Å². The molecule has 0 spiro atoms. The quantitative estimate of drug-likeness (QED) is 0.532. The van der Waals surface area contributed by atoms with Crippen LogP contribution in [0.4, 0.5) is 20.6 Å². The zero-order chi connectivity index (χ0) is 18.5. The fraction of sp³-hybridized carbons (Fsp3) is 0.429. The lowest BCUT2D eigenvalue weighted by Gasteiger charge is -2.22. The van der Waals surface area contributed by atoms with Crippen molar-refractivity contribution in [3.05, 3.63) is 34.1 Å². The molecule has 0 aliphatic carbocycles. The van der Waals surface area contributed by atoms with Gasteiger partial charge in [-0.05, 0) is 32.9 Å². The summed E-state index contributed by atoms with van der Waals surface area (Å²) in [6, 6.07) is 1.95. The summed E-state index contributed by atoms with van der Waals surface area (Å²) in [5.74, 6) is -2.44. The fourth-order valence-electron chi connectivity index (χ4n) is 1.71. The number of anilines is 1. The van der Waals surface area contributed by atoms with Crippen molar-refractivity contribution in [1.82, 2.24) is 5.32 Å². The first kappa shape index (κ1) is 19.1. The number of carboxylic acid groups (broad SMARTS) is 1. The van der Waals surface area contributed by atoms with Crippen LogP contribution in [0.1, 0.15) is 20.8 Å². The van der Waals surface area contributed by atoms with Crippen LogP contribution >= 0.6 is 0 Å². The van der Waals surface area contributed by atoms with Gasteiger partial charge in [0.1, 0.15) is 17.3 Å². The first-order valence-electron chi connectivity index (χ1n) is 6.90. The number of para-hydroxylation sites is 1. The molecule has 1 rings (SSSR count). The predicted octanol–water partition coefficient (Wildman–Crippen LogP) is 2.12. The molecule has 1 aromatic rings. The predicted molar refractivity (Wildman–Crippen MR) is 82.3 cm³/mol. The highest BCUT2D eigenvalue weighted by Crippen LogP contribution is 2.27. The number of amides is 1. The first-order chi connectivity index (χ1) is 11.0. The summed E-state index contributed by atoms with van der Waals surface area (Å²) in [7, 11) is 0. The van der Waals surface area contributed by atoms with Crippen LogP contribution in [-0.4, -0.2) is 40.3 Å². The van der Waals surface area contributed by atoms with Crippen LogP contribution in [-0.2, 0) is 9.53 Å². The zero-order valence-electron chi connectivity index (χ0n) is 13.3. The summed E-state index contributed by atoms with van der Waals surface area (Å²) < 4.78 is 18.4. The van der Waals surface area contributed by atoms with Crippen LogP contribution in [0.3, 0.4) is 0 Å². The van der Waals surface area contributed by atoms with E-state index in [1.807, 2.05) is 0 Å². The SMILES string of the molecule is CC(C)(C)OC(=O)N[C@@H](CNc1cccc(F)c1[N+](=O)[O-])C(=O)O. The summed E-state index contributed by atoms with van der Waals surface area (Å²) >= 11 is 0. The van der Waals surface area contributed by atoms with Crippen LogP contribution < -0.4 is 10.6 Å². The zero-order valence-corrected chi connectivity index (χ0v) is 13.3. The Balaban J connectivity index is 2.82. The number of nitrogens with zero attached hydrogens (tertiary/aromatic N) is 1. The van der Waals surface area contributed by atoms with Gasteiger partial charge < -0.3 is 20.5 Å². The summed E-state index contributed by atoms with van der Waals surface area (Å²) in [5.41, 5.74) is -1.82. The molecule has 1 atom stereocenters. The average molecular weight is 343 g/mol. The molecule has 9 nitrogen and oxygen atoms in total.